The Kier molecular flexibility index (Phi) is 3.37. The average Bonchev–Trinajstić information content (AvgIpc) is 3.22. The Labute approximate surface area is 136 Å². The first-order chi connectivity index (χ1) is 11.6. The van der Waals surface area contributed by atoms with E-state index in [0.717, 1.165) is 24.6 Å². The number of carboxylic acid groups (broad SMARTS) is 1. The molecule has 1 fully saturated rings. The van der Waals surface area contributed by atoms with Crippen molar-refractivity contribution in [2.24, 2.45) is 0 Å². The van der Waals surface area contributed by atoms with Crippen molar-refractivity contribution in [1.29, 1.82) is 0 Å². The monoisotopic (exact) mass is 327 g/mol. The predicted molar refractivity (Wildman–Crippen MR) is 83.5 cm³/mol. The van der Waals surface area contributed by atoms with Crippen molar-refractivity contribution in [2.45, 2.75) is 18.9 Å². The van der Waals surface area contributed by atoms with Crippen LogP contribution in [0.4, 0.5) is 10.2 Å². The van der Waals surface area contributed by atoms with Crippen molar-refractivity contribution in [3.8, 4) is 0 Å². The molecule has 0 bridgehead atoms. The van der Waals surface area contributed by atoms with Crippen LogP contribution >= 0.6 is 0 Å². The molecular formula is C16H14FN5O2. The van der Waals surface area contributed by atoms with Crippen LogP contribution in [0.25, 0.3) is 5.65 Å². The lowest BCUT2D eigenvalue weighted by Crippen LogP contribution is -2.26. The average molecular weight is 327 g/mol. The minimum Gasteiger partial charge on any atom is -0.477 e. The summed E-state index contributed by atoms with van der Waals surface area (Å²) >= 11 is 0. The van der Waals surface area contributed by atoms with Gasteiger partial charge in [0.25, 0.3) is 0 Å². The van der Waals surface area contributed by atoms with Crippen molar-refractivity contribution in [3.63, 3.8) is 0 Å². The van der Waals surface area contributed by atoms with E-state index in [1.165, 1.54) is 16.8 Å². The zero-order chi connectivity index (χ0) is 16.7. The first-order valence-corrected chi connectivity index (χ1v) is 7.58. The highest BCUT2D eigenvalue weighted by Gasteiger charge is 2.31. The molecule has 1 unspecified atom stereocenters. The fourth-order valence-corrected chi connectivity index (χ4v) is 3.19. The third-order valence-corrected chi connectivity index (χ3v) is 4.23. The maximum atomic E-state index is 13.5. The Morgan fingerprint density at radius 2 is 2.25 bits per heavy atom. The molecule has 1 aliphatic heterocycles. The van der Waals surface area contributed by atoms with Gasteiger partial charge in [-0.1, -0.05) is 0 Å². The van der Waals surface area contributed by atoms with Gasteiger partial charge in [-0.15, -0.1) is 0 Å². The van der Waals surface area contributed by atoms with Gasteiger partial charge in [-0.2, -0.15) is 5.10 Å². The maximum Gasteiger partial charge on any atom is 0.341 e. The second kappa shape index (κ2) is 5.55. The number of fused-ring (bicyclic) bond motifs is 1. The molecule has 0 radical (unpaired) electrons. The molecule has 4 heterocycles. The van der Waals surface area contributed by atoms with Gasteiger partial charge < -0.3 is 10.0 Å². The van der Waals surface area contributed by atoms with Crippen molar-refractivity contribution >= 4 is 17.4 Å². The molecular weight excluding hydrogens is 313 g/mol. The summed E-state index contributed by atoms with van der Waals surface area (Å²) < 4.78 is 15.0. The molecule has 0 aromatic carbocycles. The Morgan fingerprint density at radius 3 is 3.04 bits per heavy atom. The first-order valence-electron chi connectivity index (χ1n) is 7.58. The van der Waals surface area contributed by atoms with E-state index in [-0.39, 0.29) is 11.6 Å². The number of carboxylic acids is 1. The van der Waals surface area contributed by atoms with Crippen LogP contribution in [-0.4, -0.2) is 37.2 Å². The second-order valence-corrected chi connectivity index (χ2v) is 5.71. The molecule has 0 saturated carbocycles. The van der Waals surface area contributed by atoms with Gasteiger partial charge in [0, 0.05) is 25.0 Å². The number of aromatic nitrogens is 4. The Hall–Kier alpha value is -3.03. The Balaban J connectivity index is 1.83. The second-order valence-electron chi connectivity index (χ2n) is 5.71. The summed E-state index contributed by atoms with van der Waals surface area (Å²) in [6.45, 7) is 0.652. The van der Waals surface area contributed by atoms with Crippen LogP contribution in [0, 0.1) is 5.82 Å². The van der Waals surface area contributed by atoms with Crippen LogP contribution < -0.4 is 4.90 Å². The SMILES string of the molecule is O=C(O)c1cn2nccc2nc1N1CCCC1c1cncc(F)c1. The third kappa shape index (κ3) is 2.36. The highest BCUT2D eigenvalue weighted by molar-refractivity contribution is 5.93. The van der Waals surface area contributed by atoms with Crippen LogP contribution in [-0.2, 0) is 0 Å². The molecule has 1 N–H and O–H groups in total. The molecule has 3 aromatic heterocycles. The fourth-order valence-electron chi connectivity index (χ4n) is 3.19. The molecule has 122 valence electrons. The molecule has 3 aromatic rings. The van der Waals surface area contributed by atoms with Crippen LogP contribution in [0.2, 0.25) is 0 Å². The minimum absolute atomic E-state index is 0.0717. The highest BCUT2D eigenvalue weighted by Crippen LogP contribution is 2.36. The molecule has 7 nitrogen and oxygen atoms in total. The highest BCUT2D eigenvalue weighted by atomic mass is 19.1. The Bertz CT molecular complexity index is 926. The minimum atomic E-state index is -1.07. The molecule has 0 spiro atoms. The lowest BCUT2D eigenvalue weighted by atomic mass is 10.1. The van der Waals surface area contributed by atoms with Gasteiger partial charge in [-0.05, 0) is 24.5 Å². The van der Waals surface area contributed by atoms with Crippen molar-refractivity contribution in [1.82, 2.24) is 19.6 Å². The number of halogens is 1. The summed E-state index contributed by atoms with van der Waals surface area (Å²) in [5.41, 5.74) is 1.36. The Morgan fingerprint density at radius 1 is 1.38 bits per heavy atom. The largest absolute Gasteiger partial charge is 0.477 e. The van der Waals surface area contributed by atoms with E-state index >= 15 is 0 Å². The van der Waals surface area contributed by atoms with Gasteiger partial charge in [0.2, 0.25) is 0 Å². The van der Waals surface area contributed by atoms with E-state index in [4.69, 9.17) is 0 Å². The predicted octanol–water partition coefficient (Wildman–Crippen LogP) is 2.30. The van der Waals surface area contributed by atoms with Crippen molar-refractivity contribution in [2.75, 3.05) is 11.4 Å². The lowest BCUT2D eigenvalue weighted by molar-refractivity contribution is 0.0696. The van der Waals surface area contributed by atoms with E-state index in [0.29, 0.717) is 18.0 Å². The molecule has 1 saturated heterocycles. The van der Waals surface area contributed by atoms with Gasteiger partial charge in [0.05, 0.1) is 18.4 Å². The van der Waals surface area contributed by atoms with Gasteiger partial charge in [0.1, 0.15) is 17.2 Å². The van der Waals surface area contributed by atoms with Gasteiger partial charge in [-0.3, -0.25) is 4.98 Å². The molecule has 24 heavy (non-hydrogen) atoms. The van der Waals surface area contributed by atoms with Crippen LogP contribution in [0.15, 0.2) is 36.9 Å². The normalized spacial score (nSPS) is 17.5. The quantitative estimate of drug-likeness (QED) is 0.795. The van der Waals surface area contributed by atoms with Crippen LogP contribution in [0.3, 0.4) is 0 Å². The van der Waals surface area contributed by atoms with Crippen LogP contribution in [0.1, 0.15) is 34.8 Å². The van der Waals surface area contributed by atoms with Crippen molar-refractivity contribution in [3.05, 3.63) is 53.9 Å². The van der Waals surface area contributed by atoms with E-state index in [2.05, 4.69) is 15.1 Å². The number of aromatic carboxylic acids is 1. The molecule has 1 aliphatic rings. The summed E-state index contributed by atoms with van der Waals surface area (Å²) in [4.78, 5) is 21.9. The molecule has 1 atom stereocenters. The van der Waals surface area contributed by atoms with E-state index in [1.54, 1.807) is 18.5 Å². The summed E-state index contributed by atoms with van der Waals surface area (Å²) in [6.07, 6.45) is 7.45. The zero-order valence-corrected chi connectivity index (χ0v) is 12.6. The zero-order valence-electron chi connectivity index (χ0n) is 12.6. The number of hydrogen-bond acceptors (Lipinski definition) is 5. The number of rotatable bonds is 3. The number of pyridine rings is 1. The fraction of sp³-hybridized carbons (Fsp3) is 0.250. The summed E-state index contributed by atoms with van der Waals surface area (Å²) in [5, 5.41) is 13.6. The number of hydrogen-bond donors (Lipinski definition) is 1. The van der Waals surface area contributed by atoms with E-state index in [1.807, 2.05) is 4.90 Å². The van der Waals surface area contributed by atoms with Gasteiger partial charge >= 0.3 is 5.97 Å². The van der Waals surface area contributed by atoms with Crippen molar-refractivity contribution < 1.29 is 14.3 Å². The molecule has 4 rings (SSSR count). The molecule has 0 aliphatic carbocycles. The lowest BCUT2D eigenvalue weighted by Gasteiger charge is -2.27. The standard InChI is InChI=1S/C16H14FN5O2/c17-11-6-10(7-18-8-11)13-2-1-5-21(13)15-12(16(23)24)9-22-14(20-15)3-4-19-22/h3-4,6-9,13H,1-2,5H2,(H,23,24). The van der Waals surface area contributed by atoms with Gasteiger partial charge in [-0.25, -0.2) is 18.7 Å². The molecule has 0 amide bonds. The van der Waals surface area contributed by atoms with E-state index < -0.39 is 11.8 Å². The maximum absolute atomic E-state index is 13.5. The van der Waals surface area contributed by atoms with Crippen LogP contribution in [0.5, 0.6) is 0 Å². The first kappa shape index (κ1) is 14.6. The smallest absolute Gasteiger partial charge is 0.341 e. The number of carbonyl (C=O) groups is 1. The number of anilines is 1. The topological polar surface area (TPSA) is 83.6 Å². The van der Waals surface area contributed by atoms with E-state index in [9.17, 15) is 14.3 Å². The molecule has 8 heteroatoms. The number of nitrogens with zero attached hydrogens (tertiary/aromatic N) is 5. The van der Waals surface area contributed by atoms with Gasteiger partial charge in [0.15, 0.2) is 5.65 Å². The summed E-state index contributed by atoms with van der Waals surface area (Å²) in [7, 11) is 0. The summed E-state index contributed by atoms with van der Waals surface area (Å²) in [5.74, 6) is -1.10. The summed E-state index contributed by atoms with van der Waals surface area (Å²) in [6, 6.07) is 3.00. The third-order valence-electron chi connectivity index (χ3n) is 4.23.